The predicted octanol–water partition coefficient (Wildman–Crippen LogP) is 4.38. The molecular weight excluding hydrogens is 368 g/mol. The van der Waals surface area contributed by atoms with Gasteiger partial charge in [0.15, 0.2) is 0 Å². The zero-order valence-electron chi connectivity index (χ0n) is 14.4. The lowest BCUT2D eigenvalue weighted by molar-refractivity contribution is -0.118. The molecule has 26 heavy (non-hydrogen) atoms. The van der Waals surface area contributed by atoms with E-state index >= 15 is 0 Å². The van der Waals surface area contributed by atoms with Gasteiger partial charge in [0.05, 0.1) is 5.69 Å². The Kier molecular flexibility index (Phi) is 6.58. The summed E-state index contributed by atoms with van der Waals surface area (Å²) < 4.78 is 0. The zero-order chi connectivity index (χ0) is 18.4. The van der Waals surface area contributed by atoms with Gasteiger partial charge in [-0.2, -0.15) is 0 Å². The number of fused-ring (bicyclic) bond motifs is 1. The maximum atomic E-state index is 12.7. The average molecular weight is 389 g/mol. The van der Waals surface area contributed by atoms with Crippen molar-refractivity contribution in [1.82, 2.24) is 5.32 Å². The molecule has 6 heteroatoms. The molecule has 0 aromatic heterocycles. The van der Waals surface area contributed by atoms with Gasteiger partial charge in [-0.3, -0.25) is 9.59 Å². The average Bonchev–Trinajstić information content (AvgIpc) is 2.88. The highest BCUT2D eigenvalue weighted by Gasteiger charge is 2.20. The molecule has 1 heterocycles. The number of hydrogen-bond donors (Lipinski definition) is 1. The summed E-state index contributed by atoms with van der Waals surface area (Å²) in [5.74, 6) is 0.990. The Morgan fingerprint density at radius 3 is 2.69 bits per heavy atom. The SMILES string of the molecule is O=C(NCCCC(=O)N1CCCSc2ccccc21)c1ccc(Cl)cc1. The lowest BCUT2D eigenvalue weighted by Crippen LogP contribution is -2.32. The summed E-state index contributed by atoms with van der Waals surface area (Å²) in [5, 5.41) is 3.45. The van der Waals surface area contributed by atoms with E-state index in [1.54, 1.807) is 36.0 Å². The van der Waals surface area contributed by atoms with Gasteiger partial charge in [-0.15, -0.1) is 11.8 Å². The summed E-state index contributed by atoms with van der Waals surface area (Å²) >= 11 is 7.63. The van der Waals surface area contributed by atoms with Crippen molar-refractivity contribution in [2.24, 2.45) is 0 Å². The van der Waals surface area contributed by atoms with Crippen molar-refractivity contribution < 1.29 is 9.59 Å². The minimum absolute atomic E-state index is 0.112. The van der Waals surface area contributed by atoms with Gasteiger partial charge >= 0.3 is 0 Å². The number of halogens is 1. The van der Waals surface area contributed by atoms with Crippen molar-refractivity contribution in [3.63, 3.8) is 0 Å². The molecule has 1 aliphatic rings. The molecule has 0 bridgehead atoms. The molecule has 1 aliphatic heterocycles. The molecule has 0 aliphatic carbocycles. The number of amides is 2. The maximum absolute atomic E-state index is 12.7. The first-order valence-electron chi connectivity index (χ1n) is 8.71. The Morgan fingerprint density at radius 1 is 1.12 bits per heavy atom. The van der Waals surface area contributed by atoms with Crippen LogP contribution in [0.2, 0.25) is 5.02 Å². The van der Waals surface area contributed by atoms with E-state index in [2.05, 4.69) is 11.4 Å². The minimum atomic E-state index is -0.148. The molecule has 3 rings (SSSR count). The van der Waals surface area contributed by atoms with Gasteiger partial charge in [0.1, 0.15) is 0 Å². The van der Waals surface area contributed by atoms with Crippen LogP contribution in [0.25, 0.3) is 0 Å². The molecule has 0 spiro atoms. The molecule has 136 valence electrons. The van der Waals surface area contributed by atoms with Gasteiger partial charge < -0.3 is 10.2 Å². The number of rotatable bonds is 5. The number of carbonyl (C=O) groups excluding carboxylic acids is 2. The summed E-state index contributed by atoms with van der Waals surface area (Å²) in [5.41, 5.74) is 1.57. The van der Waals surface area contributed by atoms with Gasteiger partial charge in [0.2, 0.25) is 5.91 Å². The quantitative estimate of drug-likeness (QED) is 0.773. The smallest absolute Gasteiger partial charge is 0.251 e. The normalized spacial score (nSPS) is 13.7. The second-order valence-electron chi connectivity index (χ2n) is 6.08. The predicted molar refractivity (Wildman–Crippen MR) is 107 cm³/mol. The fourth-order valence-electron chi connectivity index (χ4n) is 2.87. The fraction of sp³-hybridized carbons (Fsp3) is 0.300. The number of nitrogens with zero attached hydrogens (tertiary/aromatic N) is 1. The van der Waals surface area contributed by atoms with E-state index < -0.39 is 0 Å². The lowest BCUT2D eigenvalue weighted by atomic mass is 10.2. The van der Waals surface area contributed by atoms with E-state index in [4.69, 9.17) is 11.6 Å². The lowest BCUT2D eigenvalue weighted by Gasteiger charge is -2.22. The van der Waals surface area contributed by atoms with E-state index in [-0.39, 0.29) is 11.8 Å². The van der Waals surface area contributed by atoms with Crippen molar-refractivity contribution in [3.05, 3.63) is 59.1 Å². The Balaban J connectivity index is 1.50. The molecule has 2 aromatic rings. The fourth-order valence-corrected chi connectivity index (χ4v) is 3.99. The Bertz CT molecular complexity index is 780. The number of benzene rings is 2. The Hall–Kier alpha value is -1.98. The summed E-state index contributed by atoms with van der Waals surface area (Å²) in [6.45, 7) is 1.22. The van der Waals surface area contributed by atoms with Gasteiger partial charge in [0, 0.05) is 35.0 Å². The number of thioether (sulfide) groups is 1. The first-order chi connectivity index (χ1) is 12.6. The molecule has 0 radical (unpaired) electrons. The van der Waals surface area contributed by atoms with E-state index in [1.807, 2.05) is 23.1 Å². The summed E-state index contributed by atoms with van der Waals surface area (Å²) in [4.78, 5) is 27.8. The van der Waals surface area contributed by atoms with Crippen molar-refractivity contribution in [1.29, 1.82) is 0 Å². The molecule has 2 aromatic carbocycles. The number of hydrogen-bond acceptors (Lipinski definition) is 3. The summed E-state index contributed by atoms with van der Waals surface area (Å²) in [6, 6.07) is 14.8. The molecule has 2 amide bonds. The number of para-hydroxylation sites is 1. The van der Waals surface area contributed by atoms with Crippen LogP contribution in [0.1, 0.15) is 29.6 Å². The van der Waals surface area contributed by atoms with Crippen LogP contribution in [0.4, 0.5) is 5.69 Å². The molecule has 1 N–H and O–H groups in total. The number of nitrogens with one attached hydrogen (secondary N) is 1. The van der Waals surface area contributed by atoms with Gasteiger partial charge in [-0.05, 0) is 55.0 Å². The second kappa shape index (κ2) is 9.10. The second-order valence-corrected chi connectivity index (χ2v) is 7.65. The highest BCUT2D eigenvalue weighted by molar-refractivity contribution is 7.99. The largest absolute Gasteiger partial charge is 0.352 e. The molecule has 0 saturated carbocycles. The zero-order valence-corrected chi connectivity index (χ0v) is 16.0. The van der Waals surface area contributed by atoms with Crippen molar-refractivity contribution in [2.75, 3.05) is 23.7 Å². The summed E-state index contributed by atoms with van der Waals surface area (Å²) in [7, 11) is 0. The standard InChI is InChI=1S/C20H21ClN2O2S/c21-16-10-8-15(9-11-16)20(25)22-12-3-7-19(24)23-13-4-14-26-18-6-2-1-5-17(18)23/h1-2,5-6,8-11H,3-4,7,12-14H2,(H,22,25). The Labute approximate surface area is 162 Å². The van der Waals surface area contributed by atoms with Crippen LogP contribution in [0.15, 0.2) is 53.4 Å². The monoisotopic (exact) mass is 388 g/mol. The third kappa shape index (κ3) is 4.80. The van der Waals surface area contributed by atoms with Crippen LogP contribution in [0, 0.1) is 0 Å². The van der Waals surface area contributed by atoms with E-state index in [1.165, 1.54) is 0 Å². The van der Waals surface area contributed by atoms with Crippen molar-refractivity contribution in [3.8, 4) is 0 Å². The van der Waals surface area contributed by atoms with Crippen LogP contribution < -0.4 is 10.2 Å². The first-order valence-corrected chi connectivity index (χ1v) is 10.1. The summed E-state index contributed by atoms with van der Waals surface area (Å²) in [6.07, 6.45) is 2.02. The molecule has 0 fully saturated rings. The van der Waals surface area contributed by atoms with Crippen molar-refractivity contribution >= 4 is 40.9 Å². The van der Waals surface area contributed by atoms with Crippen LogP contribution in [-0.4, -0.2) is 30.7 Å². The molecular formula is C20H21ClN2O2S. The molecule has 4 nitrogen and oxygen atoms in total. The van der Waals surface area contributed by atoms with Crippen LogP contribution >= 0.6 is 23.4 Å². The van der Waals surface area contributed by atoms with E-state index in [0.717, 1.165) is 29.3 Å². The van der Waals surface area contributed by atoms with Crippen LogP contribution in [0.5, 0.6) is 0 Å². The van der Waals surface area contributed by atoms with E-state index in [9.17, 15) is 9.59 Å². The third-order valence-corrected chi connectivity index (χ3v) is 5.60. The molecule has 0 unspecified atom stereocenters. The maximum Gasteiger partial charge on any atom is 0.251 e. The van der Waals surface area contributed by atoms with E-state index in [0.29, 0.717) is 30.0 Å². The van der Waals surface area contributed by atoms with Gasteiger partial charge in [0.25, 0.3) is 5.91 Å². The first kappa shape index (κ1) is 18.8. The van der Waals surface area contributed by atoms with Crippen molar-refractivity contribution in [2.45, 2.75) is 24.2 Å². The topological polar surface area (TPSA) is 49.4 Å². The molecule has 0 saturated heterocycles. The highest BCUT2D eigenvalue weighted by Crippen LogP contribution is 2.33. The number of carbonyl (C=O) groups is 2. The van der Waals surface area contributed by atoms with Gasteiger partial charge in [-0.1, -0.05) is 23.7 Å². The minimum Gasteiger partial charge on any atom is -0.352 e. The van der Waals surface area contributed by atoms with Crippen LogP contribution in [-0.2, 0) is 4.79 Å². The van der Waals surface area contributed by atoms with Crippen LogP contribution in [0.3, 0.4) is 0 Å². The number of anilines is 1. The third-order valence-electron chi connectivity index (χ3n) is 4.20. The molecule has 0 atom stereocenters. The Morgan fingerprint density at radius 2 is 1.88 bits per heavy atom. The highest BCUT2D eigenvalue weighted by atomic mass is 35.5. The van der Waals surface area contributed by atoms with Gasteiger partial charge in [-0.25, -0.2) is 0 Å².